The molecule has 0 radical (unpaired) electrons. The van der Waals surface area contributed by atoms with Crippen molar-refractivity contribution in [1.29, 1.82) is 0 Å². The zero-order chi connectivity index (χ0) is 16.2. The van der Waals surface area contributed by atoms with Gasteiger partial charge in [-0.25, -0.2) is 0 Å². The van der Waals surface area contributed by atoms with Gasteiger partial charge in [-0.3, -0.25) is 9.59 Å². The Morgan fingerprint density at radius 2 is 0.917 bits per heavy atom. The van der Waals surface area contributed by atoms with Crippen LogP contribution < -0.4 is 0 Å². The second-order valence-electron chi connectivity index (χ2n) is 11.0. The Hall–Kier alpha value is -0.660. The van der Waals surface area contributed by atoms with Crippen LogP contribution in [0.4, 0.5) is 0 Å². The van der Waals surface area contributed by atoms with Crippen molar-refractivity contribution in [2.45, 2.75) is 52.4 Å². The lowest BCUT2D eigenvalue weighted by Crippen LogP contribution is -2.53. The first-order valence-electron chi connectivity index (χ1n) is 10.6. The lowest BCUT2D eigenvalue weighted by molar-refractivity contribution is -0.155. The summed E-state index contributed by atoms with van der Waals surface area (Å²) < 4.78 is 0. The number of fused-ring (bicyclic) bond motifs is 3. The van der Waals surface area contributed by atoms with E-state index in [9.17, 15) is 9.59 Å². The van der Waals surface area contributed by atoms with Crippen molar-refractivity contribution in [2.24, 2.45) is 70.0 Å². The summed E-state index contributed by atoms with van der Waals surface area (Å²) in [5.74, 6) is 6.98. The minimum atomic E-state index is -0.287. The zero-order valence-electron chi connectivity index (χ0n) is 14.8. The van der Waals surface area contributed by atoms with Gasteiger partial charge < -0.3 is 0 Å². The van der Waals surface area contributed by atoms with Crippen molar-refractivity contribution in [3.05, 3.63) is 0 Å². The topological polar surface area (TPSA) is 34.1 Å². The molecule has 8 aliphatic carbocycles. The van der Waals surface area contributed by atoms with Gasteiger partial charge in [0.25, 0.3) is 0 Å². The number of ketones is 2. The monoisotopic (exact) mass is 324 g/mol. The second-order valence-corrected chi connectivity index (χ2v) is 11.0. The van der Waals surface area contributed by atoms with Crippen LogP contribution in [-0.2, 0) is 9.59 Å². The molecule has 0 heterocycles. The van der Waals surface area contributed by atoms with Crippen molar-refractivity contribution in [1.82, 2.24) is 0 Å². The molecule has 8 aliphatic rings. The predicted octanol–water partition coefficient (Wildman–Crippen LogP) is 3.74. The fourth-order valence-corrected chi connectivity index (χ4v) is 11.3. The van der Waals surface area contributed by atoms with Crippen LogP contribution in [0.25, 0.3) is 0 Å². The van der Waals surface area contributed by atoms with E-state index >= 15 is 0 Å². The molecule has 0 saturated heterocycles. The highest BCUT2D eigenvalue weighted by Gasteiger charge is 2.87. The van der Waals surface area contributed by atoms with Crippen LogP contribution in [0.15, 0.2) is 0 Å². The summed E-state index contributed by atoms with van der Waals surface area (Å²) in [7, 11) is 0. The van der Waals surface area contributed by atoms with E-state index in [1.165, 1.54) is 38.5 Å². The number of carbonyl (C=O) groups excluding carboxylic acids is 2. The first-order valence-corrected chi connectivity index (χ1v) is 10.6. The van der Waals surface area contributed by atoms with Crippen molar-refractivity contribution in [2.75, 3.05) is 0 Å². The number of hydrogen-bond acceptors (Lipinski definition) is 2. The molecule has 0 spiro atoms. The smallest absolute Gasteiger partial charge is 0.205 e. The van der Waals surface area contributed by atoms with Gasteiger partial charge in [-0.2, -0.15) is 0 Å². The highest BCUT2D eigenvalue weighted by atomic mass is 16.2. The number of rotatable bonds is 0. The molecule has 8 rings (SSSR count). The fraction of sp³-hybridized carbons (Fsp3) is 0.909. The molecule has 0 N–H and O–H groups in total. The summed E-state index contributed by atoms with van der Waals surface area (Å²) in [6.45, 7) is 4.56. The van der Waals surface area contributed by atoms with Gasteiger partial charge in [-0.1, -0.05) is 26.7 Å². The van der Waals surface area contributed by atoms with Crippen LogP contribution in [0.5, 0.6) is 0 Å². The molecule has 24 heavy (non-hydrogen) atoms. The molecule has 128 valence electrons. The summed E-state index contributed by atoms with van der Waals surface area (Å²) in [6.07, 6.45) is 8.05. The average molecular weight is 324 g/mol. The quantitative estimate of drug-likeness (QED) is 0.636. The molecule has 8 bridgehead atoms. The first kappa shape index (κ1) is 13.5. The Bertz CT molecular complexity index is 611. The van der Waals surface area contributed by atoms with Gasteiger partial charge in [0.05, 0.1) is 0 Å². The van der Waals surface area contributed by atoms with E-state index in [1.54, 1.807) is 0 Å². The van der Waals surface area contributed by atoms with Gasteiger partial charge >= 0.3 is 0 Å². The molecule has 8 fully saturated rings. The third-order valence-corrected chi connectivity index (χ3v) is 11.2. The van der Waals surface area contributed by atoms with Crippen LogP contribution in [0, 0.1) is 70.0 Å². The van der Waals surface area contributed by atoms with Crippen molar-refractivity contribution in [3.63, 3.8) is 0 Å². The average Bonchev–Trinajstić information content (AvgIpc) is 3.29. The Kier molecular flexibility index (Phi) is 2.02. The molecule has 12 atom stereocenters. The maximum atomic E-state index is 13.6. The lowest BCUT2D eigenvalue weighted by atomic mass is 9.55. The van der Waals surface area contributed by atoms with Gasteiger partial charge in [0.15, 0.2) is 0 Å². The standard InChI is InChI=1S/C22H28O2/c1-21-15-9-5-3-7-11(9)17-13(15)14-16(21)10-6-4-8-12(10)18(14)22(17,2)20(24)19(21)23/h9-18H,3-8H2,1-2H3/t9-,10-,11+,12+,13?,14?,15-,16+,17-,18-,21?,22?/m0/s1. The van der Waals surface area contributed by atoms with Crippen molar-refractivity contribution < 1.29 is 9.59 Å². The van der Waals surface area contributed by atoms with Crippen LogP contribution in [0.3, 0.4) is 0 Å². The van der Waals surface area contributed by atoms with Crippen LogP contribution in [0.2, 0.25) is 0 Å². The van der Waals surface area contributed by atoms with Gasteiger partial charge in [0.1, 0.15) is 0 Å². The van der Waals surface area contributed by atoms with Crippen LogP contribution >= 0.6 is 0 Å². The molecular weight excluding hydrogens is 296 g/mol. The number of carbonyl (C=O) groups is 2. The van der Waals surface area contributed by atoms with Gasteiger partial charge in [-0.05, 0) is 84.9 Å². The minimum absolute atomic E-state index is 0.0909. The van der Waals surface area contributed by atoms with E-state index in [2.05, 4.69) is 13.8 Å². The molecule has 2 heteroatoms. The number of Topliss-reactive ketones (excluding diaryl/α,β-unsaturated/α-hetero) is 2. The molecule has 0 aliphatic heterocycles. The van der Waals surface area contributed by atoms with Gasteiger partial charge in [0, 0.05) is 10.8 Å². The van der Waals surface area contributed by atoms with Gasteiger partial charge in [0.2, 0.25) is 11.6 Å². The fourth-order valence-electron chi connectivity index (χ4n) is 11.3. The Morgan fingerprint density at radius 3 is 1.21 bits per heavy atom. The summed E-state index contributed by atoms with van der Waals surface area (Å²) in [4.78, 5) is 27.1. The van der Waals surface area contributed by atoms with Crippen LogP contribution in [-0.4, -0.2) is 11.6 Å². The maximum Gasteiger partial charge on any atom is 0.205 e. The number of hydrogen-bond donors (Lipinski definition) is 0. The Balaban J connectivity index is 1.58. The zero-order valence-corrected chi connectivity index (χ0v) is 14.8. The predicted molar refractivity (Wildman–Crippen MR) is 88.8 cm³/mol. The van der Waals surface area contributed by atoms with Gasteiger partial charge in [-0.15, -0.1) is 0 Å². The minimum Gasteiger partial charge on any atom is -0.290 e. The van der Waals surface area contributed by atoms with E-state index in [0.717, 1.165) is 35.5 Å². The highest BCUT2D eigenvalue weighted by Crippen LogP contribution is 2.86. The Labute approximate surface area is 144 Å². The molecule has 0 aromatic carbocycles. The highest BCUT2D eigenvalue weighted by molar-refractivity contribution is 6.42. The second kappa shape index (κ2) is 3.58. The largest absolute Gasteiger partial charge is 0.290 e. The van der Waals surface area contributed by atoms with E-state index in [1.807, 2.05) is 0 Å². The maximum absolute atomic E-state index is 13.6. The summed E-state index contributed by atoms with van der Waals surface area (Å²) in [6, 6.07) is 0. The SMILES string of the molecule is CC12C(=O)C(=O)C3(C)[C@@H]4C(C5[C@@H]1[C@@H]1CCC[C@@H]1[C@H]53)[C@@H]2[C@@H]1CCC[C@@H]14. The summed E-state index contributed by atoms with van der Waals surface area (Å²) in [5, 5.41) is 0. The van der Waals surface area contributed by atoms with Crippen molar-refractivity contribution >= 4 is 11.6 Å². The Morgan fingerprint density at radius 1 is 0.625 bits per heavy atom. The van der Waals surface area contributed by atoms with E-state index in [0.29, 0.717) is 23.7 Å². The third kappa shape index (κ3) is 0.971. The first-order chi connectivity index (χ1) is 11.5. The molecular formula is C22H28O2. The lowest BCUT2D eigenvalue weighted by Gasteiger charge is -2.46. The third-order valence-electron chi connectivity index (χ3n) is 11.2. The molecule has 0 aromatic heterocycles. The van der Waals surface area contributed by atoms with Crippen molar-refractivity contribution in [3.8, 4) is 0 Å². The molecule has 0 amide bonds. The molecule has 8 saturated carbocycles. The summed E-state index contributed by atoms with van der Waals surface area (Å²) in [5.41, 5.74) is -0.574. The molecule has 2 nitrogen and oxygen atoms in total. The summed E-state index contributed by atoms with van der Waals surface area (Å²) >= 11 is 0. The molecule has 0 aromatic rings. The van der Waals surface area contributed by atoms with E-state index < -0.39 is 0 Å². The van der Waals surface area contributed by atoms with E-state index in [-0.39, 0.29) is 22.4 Å². The molecule has 4 unspecified atom stereocenters. The van der Waals surface area contributed by atoms with Crippen LogP contribution in [0.1, 0.15) is 52.4 Å². The van der Waals surface area contributed by atoms with E-state index in [4.69, 9.17) is 0 Å². The normalized spacial score (nSPS) is 70.4.